The summed E-state index contributed by atoms with van der Waals surface area (Å²) >= 11 is 0. The quantitative estimate of drug-likeness (QED) is 0.898. The standard InChI is InChI=1S/C17H26FNO2/c1-12-7-6-10-17(11-12,21-4)16(19-2)13-8-5-9-14(20-3)15(13)18/h5,8-9,12,16,19H,6-7,10-11H2,1-4H3. The largest absolute Gasteiger partial charge is 0.494 e. The summed E-state index contributed by atoms with van der Waals surface area (Å²) in [5.41, 5.74) is 0.257. The number of likely N-dealkylation sites (N-methyl/N-ethyl adjacent to an activating group) is 1. The highest BCUT2D eigenvalue weighted by Gasteiger charge is 2.43. The first-order chi connectivity index (χ1) is 10.1. The summed E-state index contributed by atoms with van der Waals surface area (Å²) in [5.74, 6) is 0.570. The average molecular weight is 295 g/mol. The molecule has 1 fully saturated rings. The topological polar surface area (TPSA) is 30.5 Å². The minimum absolute atomic E-state index is 0.180. The van der Waals surface area contributed by atoms with Crippen LogP contribution in [0.4, 0.5) is 4.39 Å². The summed E-state index contributed by atoms with van der Waals surface area (Å²) in [6, 6.07) is 5.12. The number of hydrogen-bond acceptors (Lipinski definition) is 3. The Balaban J connectivity index is 2.42. The van der Waals surface area contributed by atoms with Gasteiger partial charge < -0.3 is 14.8 Å². The van der Waals surface area contributed by atoms with Crippen molar-refractivity contribution in [2.75, 3.05) is 21.3 Å². The minimum Gasteiger partial charge on any atom is -0.494 e. The fraction of sp³-hybridized carbons (Fsp3) is 0.647. The summed E-state index contributed by atoms with van der Waals surface area (Å²) < 4.78 is 25.7. The first kappa shape index (κ1) is 16.2. The maximum atomic E-state index is 14.6. The molecule has 1 saturated carbocycles. The highest BCUT2D eigenvalue weighted by Crippen LogP contribution is 2.44. The molecule has 0 amide bonds. The number of ether oxygens (including phenoxy) is 2. The molecule has 1 aliphatic rings. The van der Waals surface area contributed by atoms with Gasteiger partial charge in [-0.25, -0.2) is 4.39 Å². The average Bonchev–Trinajstić information content (AvgIpc) is 2.49. The second-order valence-electron chi connectivity index (χ2n) is 6.06. The molecular weight excluding hydrogens is 269 g/mol. The molecule has 0 aliphatic heterocycles. The number of rotatable bonds is 5. The molecule has 118 valence electrons. The molecule has 0 bridgehead atoms. The van der Waals surface area contributed by atoms with Crippen LogP contribution in [0.15, 0.2) is 18.2 Å². The summed E-state index contributed by atoms with van der Waals surface area (Å²) in [6.45, 7) is 2.24. The number of hydrogen-bond donors (Lipinski definition) is 1. The van der Waals surface area contributed by atoms with E-state index in [1.54, 1.807) is 13.2 Å². The van der Waals surface area contributed by atoms with E-state index in [1.165, 1.54) is 13.5 Å². The van der Waals surface area contributed by atoms with Gasteiger partial charge in [0.2, 0.25) is 0 Å². The molecular formula is C17H26FNO2. The fourth-order valence-corrected chi connectivity index (χ4v) is 3.72. The van der Waals surface area contributed by atoms with E-state index < -0.39 is 0 Å². The Kier molecular flexibility index (Phi) is 5.22. The van der Waals surface area contributed by atoms with Crippen molar-refractivity contribution in [1.29, 1.82) is 0 Å². The normalized spacial score (nSPS) is 27.4. The fourth-order valence-electron chi connectivity index (χ4n) is 3.72. The van der Waals surface area contributed by atoms with Crippen LogP contribution in [0.5, 0.6) is 5.75 Å². The Labute approximate surface area is 126 Å². The van der Waals surface area contributed by atoms with Crippen LogP contribution >= 0.6 is 0 Å². The number of methoxy groups -OCH3 is 2. The highest BCUT2D eigenvalue weighted by molar-refractivity contribution is 5.34. The molecule has 2 rings (SSSR count). The zero-order valence-corrected chi connectivity index (χ0v) is 13.4. The number of benzene rings is 1. The molecule has 0 radical (unpaired) electrons. The molecule has 21 heavy (non-hydrogen) atoms. The zero-order chi connectivity index (χ0) is 15.5. The van der Waals surface area contributed by atoms with E-state index in [0.29, 0.717) is 11.5 Å². The summed E-state index contributed by atoms with van der Waals surface area (Å²) in [6.07, 6.45) is 4.20. The van der Waals surface area contributed by atoms with Crippen LogP contribution in [0, 0.1) is 11.7 Å². The lowest BCUT2D eigenvalue weighted by atomic mass is 9.72. The van der Waals surface area contributed by atoms with E-state index in [2.05, 4.69) is 12.2 Å². The smallest absolute Gasteiger partial charge is 0.169 e. The lowest BCUT2D eigenvalue weighted by molar-refractivity contribution is -0.0797. The third kappa shape index (κ3) is 3.06. The molecule has 4 heteroatoms. The van der Waals surface area contributed by atoms with Crippen molar-refractivity contribution in [3.8, 4) is 5.75 Å². The SMILES string of the molecule is CNC(c1cccc(OC)c1F)C1(OC)CCCC(C)C1. The van der Waals surface area contributed by atoms with Gasteiger partial charge in [-0.2, -0.15) is 0 Å². The Morgan fingerprint density at radius 3 is 2.71 bits per heavy atom. The lowest BCUT2D eigenvalue weighted by Crippen LogP contribution is -2.47. The zero-order valence-electron chi connectivity index (χ0n) is 13.4. The van der Waals surface area contributed by atoms with E-state index in [0.717, 1.165) is 19.3 Å². The van der Waals surface area contributed by atoms with Crippen molar-refractivity contribution in [2.24, 2.45) is 5.92 Å². The van der Waals surface area contributed by atoms with Gasteiger partial charge in [-0.15, -0.1) is 0 Å². The van der Waals surface area contributed by atoms with E-state index in [-0.39, 0.29) is 23.2 Å². The first-order valence-corrected chi connectivity index (χ1v) is 7.62. The molecule has 3 atom stereocenters. The van der Waals surface area contributed by atoms with Crippen LogP contribution in [0.25, 0.3) is 0 Å². The highest BCUT2D eigenvalue weighted by atomic mass is 19.1. The van der Waals surface area contributed by atoms with E-state index in [4.69, 9.17) is 9.47 Å². The van der Waals surface area contributed by atoms with Gasteiger partial charge >= 0.3 is 0 Å². The van der Waals surface area contributed by atoms with E-state index >= 15 is 0 Å². The Morgan fingerprint density at radius 2 is 2.14 bits per heavy atom. The van der Waals surface area contributed by atoms with Gasteiger partial charge in [-0.05, 0) is 31.9 Å². The molecule has 0 spiro atoms. The molecule has 1 aromatic rings. The Morgan fingerprint density at radius 1 is 1.38 bits per heavy atom. The maximum Gasteiger partial charge on any atom is 0.169 e. The second-order valence-corrected chi connectivity index (χ2v) is 6.06. The predicted octanol–water partition coefficient (Wildman–Crippen LogP) is 3.69. The van der Waals surface area contributed by atoms with Crippen molar-refractivity contribution in [3.63, 3.8) is 0 Å². The molecule has 0 saturated heterocycles. The van der Waals surface area contributed by atoms with Crippen LogP contribution in [0.3, 0.4) is 0 Å². The molecule has 0 heterocycles. The van der Waals surface area contributed by atoms with Gasteiger partial charge in [0.15, 0.2) is 11.6 Å². The summed E-state index contributed by atoms with van der Waals surface area (Å²) in [7, 11) is 5.09. The van der Waals surface area contributed by atoms with E-state index in [1.807, 2.05) is 19.2 Å². The van der Waals surface area contributed by atoms with E-state index in [9.17, 15) is 4.39 Å². The number of nitrogens with one attached hydrogen (secondary N) is 1. The molecule has 1 aromatic carbocycles. The second kappa shape index (κ2) is 6.75. The van der Waals surface area contributed by atoms with Crippen LogP contribution < -0.4 is 10.1 Å². The van der Waals surface area contributed by atoms with Crippen LogP contribution in [0.2, 0.25) is 0 Å². The van der Waals surface area contributed by atoms with Crippen LogP contribution in [-0.4, -0.2) is 26.9 Å². The molecule has 1 N–H and O–H groups in total. The Hall–Kier alpha value is -1.13. The van der Waals surface area contributed by atoms with Gasteiger partial charge in [-0.3, -0.25) is 0 Å². The molecule has 1 aliphatic carbocycles. The van der Waals surface area contributed by atoms with Gasteiger partial charge in [0.25, 0.3) is 0 Å². The van der Waals surface area contributed by atoms with Crippen molar-refractivity contribution in [1.82, 2.24) is 5.32 Å². The van der Waals surface area contributed by atoms with Crippen molar-refractivity contribution in [2.45, 2.75) is 44.2 Å². The lowest BCUT2D eigenvalue weighted by Gasteiger charge is -2.44. The maximum absolute atomic E-state index is 14.6. The first-order valence-electron chi connectivity index (χ1n) is 7.62. The Bertz CT molecular complexity index is 480. The minimum atomic E-state index is -0.361. The predicted molar refractivity (Wildman–Crippen MR) is 82.1 cm³/mol. The van der Waals surface area contributed by atoms with Gasteiger partial charge in [0, 0.05) is 12.7 Å². The number of halogens is 1. The third-order valence-electron chi connectivity index (χ3n) is 4.74. The van der Waals surface area contributed by atoms with Crippen molar-refractivity contribution < 1.29 is 13.9 Å². The van der Waals surface area contributed by atoms with Gasteiger partial charge in [0.1, 0.15) is 0 Å². The summed E-state index contributed by atoms with van der Waals surface area (Å²) in [4.78, 5) is 0. The van der Waals surface area contributed by atoms with Crippen LogP contribution in [-0.2, 0) is 4.74 Å². The molecule has 3 unspecified atom stereocenters. The summed E-state index contributed by atoms with van der Waals surface area (Å²) in [5, 5.41) is 3.27. The monoisotopic (exact) mass is 295 g/mol. The molecule has 0 aromatic heterocycles. The van der Waals surface area contributed by atoms with Crippen molar-refractivity contribution >= 4 is 0 Å². The van der Waals surface area contributed by atoms with Gasteiger partial charge in [-0.1, -0.05) is 31.9 Å². The molecule has 3 nitrogen and oxygen atoms in total. The van der Waals surface area contributed by atoms with Gasteiger partial charge in [0.05, 0.1) is 18.8 Å². The third-order valence-corrected chi connectivity index (χ3v) is 4.74. The van der Waals surface area contributed by atoms with Crippen LogP contribution in [0.1, 0.15) is 44.2 Å². The van der Waals surface area contributed by atoms with Crippen molar-refractivity contribution in [3.05, 3.63) is 29.6 Å².